The maximum Gasteiger partial charge on any atom is 0.283 e. The van der Waals surface area contributed by atoms with Gasteiger partial charge in [-0.1, -0.05) is 24.3 Å². The van der Waals surface area contributed by atoms with Gasteiger partial charge < -0.3 is 9.47 Å². The lowest BCUT2D eigenvalue weighted by Gasteiger charge is -2.25. The number of rotatable bonds is 5. The number of fused-ring (bicyclic) bond motifs is 2. The zero-order valence-electron chi connectivity index (χ0n) is 15.9. The van der Waals surface area contributed by atoms with Gasteiger partial charge in [-0.2, -0.15) is 0 Å². The Morgan fingerprint density at radius 3 is 2.27 bits per heavy atom. The molecule has 9 heteroatoms. The minimum absolute atomic E-state index is 0.0262. The molecule has 0 aliphatic carbocycles. The Morgan fingerprint density at radius 2 is 1.57 bits per heavy atom. The number of nitrogens with zero attached hydrogens (tertiary/aromatic N) is 1. The lowest BCUT2D eigenvalue weighted by molar-refractivity contribution is -0.135. The van der Waals surface area contributed by atoms with Crippen LogP contribution in [0.25, 0.3) is 0 Å². The first-order valence-corrected chi connectivity index (χ1v) is 9.47. The van der Waals surface area contributed by atoms with Crippen LogP contribution in [0.2, 0.25) is 0 Å². The number of amides is 4. The summed E-state index contributed by atoms with van der Waals surface area (Å²) < 4.78 is 11.0. The number of carbonyl (C=O) groups is 4. The van der Waals surface area contributed by atoms with E-state index >= 15 is 0 Å². The van der Waals surface area contributed by atoms with E-state index in [2.05, 4.69) is 10.9 Å². The third kappa shape index (κ3) is 3.82. The molecular formula is C21H19N3O6. The number of para-hydroxylation sites is 2. The van der Waals surface area contributed by atoms with Crippen LogP contribution in [-0.4, -0.2) is 47.8 Å². The van der Waals surface area contributed by atoms with E-state index in [4.69, 9.17) is 9.47 Å². The van der Waals surface area contributed by atoms with E-state index in [0.717, 1.165) is 4.90 Å². The molecule has 4 amide bonds. The minimum Gasteiger partial charge on any atom is -0.485 e. The van der Waals surface area contributed by atoms with E-state index in [9.17, 15) is 19.2 Å². The number of hydrogen-bond acceptors (Lipinski definition) is 6. The normalized spacial score (nSPS) is 16.8. The summed E-state index contributed by atoms with van der Waals surface area (Å²) in [7, 11) is 0. The fourth-order valence-electron chi connectivity index (χ4n) is 3.26. The fourth-order valence-corrected chi connectivity index (χ4v) is 3.26. The van der Waals surface area contributed by atoms with E-state index in [1.54, 1.807) is 48.5 Å². The predicted molar refractivity (Wildman–Crippen MR) is 104 cm³/mol. The predicted octanol–water partition coefficient (Wildman–Crippen LogP) is 1.05. The van der Waals surface area contributed by atoms with Crippen molar-refractivity contribution in [3.8, 4) is 11.5 Å². The van der Waals surface area contributed by atoms with Crippen LogP contribution in [0.1, 0.15) is 33.6 Å². The average Bonchev–Trinajstić information content (AvgIpc) is 3.02. The second-order valence-electron chi connectivity index (χ2n) is 6.81. The lowest BCUT2D eigenvalue weighted by Crippen LogP contribution is -2.50. The molecule has 1 atom stereocenters. The topological polar surface area (TPSA) is 114 Å². The summed E-state index contributed by atoms with van der Waals surface area (Å²) in [6.45, 7) is 0.141. The van der Waals surface area contributed by atoms with Crippen molar-refractivity contribution in [2.45, 2.75) is 18.9 Å². The first-order valence-electron chi connectivity index (χ1n) is 9.47. The highest BCUT2D eigenvalue weighted by atomic mass is 16.6. The Labute approximate surface area is 171 Å². The Kier molecular flexibility index (Phi) is 5.34. The van der Waals surface area contributed by atoms with Gasteiger partial charge in [-0.05, 0) is 30.7 Å². The number of hydrazine groups is 1. The summed E-state index contributed by atoms with van der Waals surface area (Å²) in [5.74, 6) is -0.705. The first-order chi connectivity index (χ1) is 14.5. The largest absolute Gasteiger partial charge is 0.485 e. The average molecular weight is 409 g/mol. The van der Waals surface area contributed by atoms with Gasteiger partial charge in [-0.3, -0.25) is 34.9 Å². The van der Waals surface area contributed by atoms with Crippen LogP contribution in [0.15, 0.2) is 48.5 Å². The van der Waals surface area contributed by atoms with Gasteiger partial charge in [0.25, 0.3) is 17.7 Å². The maximum absolute atomic E-state index is 12.3. The second-order valence-corrected chi connectivity index (χ2v) is 6.81. The molecular weight excluding hydrogens is 390 g/mol. The van der Waals surface area contributed by atoms with Crippen LogP contribution in [0.4, 0.5) is 0 Å². The molecule has 2 aliphatic rings. The van der Waals surface area contributed by atoms with Crippen LogP contribution >= 0.6 is 0 Å². The van der Waals surface area contributed by atoms with Gasteiger partial charge in [0, 0.05) is 13.0 Å². The number of hydrogen-bond donors (Lipinski definition) is 2. The molecule has 0 saturated carbocycles. The summed E-state index contributed by atoms with van der Waals surface area (Å²) in [5, 5.41) is 0. The number of ether oxygens (including phenoxy) is 2. The third-order valence-corrected chi connectivity index (χ3v) is 4.79. The Bertz CT molecular complexity index is 986. The summed E-state index contributed by atoms with van der Waals surface area (Å²) in [6, 6.07) is 13.6. The molecule has 0 spiro atoms. The van der Waals surface area contributed by atoms with Crippen LogP contribution in [0, 0.1) is 0 Å². The van der Waals surface area contributed by atoms with Crippen molar-refractivity contribution >= 4 is 23.6 Å². The lowest BCUT2D eigenvalue weighted by atomic mass is 10.1. The molecule has 2 N–H and O–H groups in total. The summed E-state index contributed by atoms with van der Waals surface area (Å²) in [4.78, 5) is 49.9. The number of carbonyl (C=O) groups excluding carboxylic acids is 4. The van der Waals surface area contributed by atoms with Gasteiger partial charge in [0.05, 0.1) is 11.1 Å². The summed E-state index contributed by atoms with van der Waals surface area (Å²) >= 11 is 0. The van der Waals surface area contributed by atoms with Gasteiger partial charge >= 0.3 is 0 Å². The van der Waals surface area contributed by atoms with Crippen molar-refractivity contribution in [2.75, 3.05) is 13.2 Å². The first kappa shape index (κ1) is 19.4. The molecule has 9 nitrogen and oxygen atoms in total. The molecule has 0 saturated heterocycles. The van der Waals surface area contributed by atoms with Gasteiger partial charge in [-0.15, -0.1) is 0 Å². The molecule has 2 aromatic carbocycles. The molecule has 0 radical (unpaired) electrons. The zero-order chi connectivity index (χ0) is 21.1. The Hall–Kier alpha value is -3.88. The van der Waals surface area contributed by atoms with Crippen molar-refractivity contribution in [1.82, 2.24) is 15.8 Å². The monoisotopic (exact) mass is 409 g/mol. The quantitative estimate of drug-likeness (QED) is 0.564. The molecule has 4 rings (SSSR count). The minimum atomic E-state index is -0.890. The van der Waals surface area contributed by atoms with Crippen molar-refractivity contribution < 1.29 is 28.7 Å². The molecule has 30 heavy (non-hydrogen) atoms. The van der Waals surface area contributed by atoms with Gasteiger partial charge in [0.2, 0.25) is 12.0 Å². The zero-order valence-corrected chi connectivity index (χ0v) is 15.9. The molecule has 0 fully saturated rings. The van der Waals surface area contributed by atoms with Crippen LogP contribution in [-0.2, 0) is 9.59 Å². The summed E-state index contributed by atoms with van der Waals surface area (Å²) in [6.07, 6.45) is -0.596. The highest BCUT2D eigenvalue weighted by Gasteiger charge is 2.34. The van der Waals surface area contributed by atoms with Crippen molar-refractivity contribution in [3.05, 3.63) is 59.7 Å². The molecule has 154 valence electrons. The van der Waals surface area contributed by atoms with Crippen LogP contribution in [0.5, 0.6) is 11.5 Å². The highest BCUT2D eigenvalue weighted by molar-refractivity contribution is 6.21. The van der Waals surface area contributed by atoms with E-state index in [0.29, 0.717) is 22.6 Å². The van der Waals surface area contributed by atoms with Crippen molar-refractivity contribution in [3.63, 3.8) is 0 Å². The van der Waals surface area contributed by atoms with E-state index in [1.807, 2.05) is 0 Å². The number of imide groups is 1. The van der Waals surface area contributed by atoms with Crippen LogP contribution in [0.3, 0.4) is 0 Å². The molecule has 2 aromatic rings. The van der Waals surface area contributed by atoms with E-state index in [1.165, 1.54) is 0 Å². The number of nitrogens with one attached hydrogen (secondary N) is 2. The van der Waals surface area contributed by atoms with Crippen LogP contribution < -0.4 is 20.3 Å². The Morgan fingerprint density at radius 1 is 0.933 bits per heavy atom. The van der Waals surface area contributed by atoms with E-state index in [-0.39, 0.29) is 37.8 Å². The summed E-state index contributed by atoms with van der Waals surface area (Å²) in [5.41, 5.74) is 5.35. The number of benzene rings is 2. The molecule has 0 bridgehead atoms. The molecule has 2 heterocycles. The Balaban J connectivity index is 1.20. The van der Waals surface area contributed by atoms with Crippen molar-refractivity contribution in [2.24, 2.45) is 0 Å². The second kappa shape index (κ2) is 8.24. The molecule has 1 unspecified atom stereocenters. The standard InChI is InChI=1S/C21H19N3O6/c25-18(10-5-11-24-20(27)13-6-1-2-7-14(13)21(24)28)22-23-19(26)17-12-29-15-8-3-4-9-16(15)30-17/h1-4,6-9,17H,5,10-12H2,(H,22,25)(H,23,26). The van der Waals surface area contributed by atoms with Gasteiger partial charge in [-0.25, -0.2) is 0 Å². The maximum atomic E-state index is 12.3. The van der Waals surface area contributed by atoms with Gasteiger partial charge in [0.1, 0.15) is 6.61 Å². The molecule has 2 aliphatic heterocycles. The smallest absolute Gasteiger partial charge is 0.283 e. The highest BCUT2D eigenvalue weighted by Crippen LogP contribution is 2.30. The van der Waals surface area contributed by atoms with E-state index < -0.39 is 17.9 Å². The SMILES string of the molecule is O=C(CCCN1C(=O)c2ccccc2C1=O)NNC(=O)C1COc2ccccc2O1. The van der Waals surface area contributed by atoms with Crippen molar-refractivity contribution in [1.29, 1.82) is 0 Å². The molecule has 0 aromatic heterocycles. The third-order valence-electron chi connectivity index (χ3n) is 4.79. The van der Waals surface area contributed by atoms with Gasteiger partial charge in [0.15, 0.2) is 11.5 Å². The fraction of sp³-hybridized carbons (Fsp3) is 0.238.